The lowest BCUT2D eigenvalue weighted by molar-refractivity contribution is 0.00892. The van der Waals surface area contributed by atoms with E-state index in [-0.39, 0.29) is 6.04 Å². The van der Waals surface area contributed by atoms with Crippen molar-refractivity contribution in [1.82, 2.24) is 0 Å². The van der Waals surface area contributed by atoms with Crippen LogP contribution in [0.15, 0.2) is 120 Å². The topological polar surface area (TPSA) is 30.8 Å². The van der Waals surface area contributed by atoms with Crippen LogP contribution < -0.4 is 10.6 Å². The second-order valence-electron chi connectivity index (χ2n) is 11.5. The van der Waals surface area contributed by atoms with Crippen molar-refractivity contribution in [2.45, 2.75) is 52.2 Å². The molecule has 0 radical (unpaired) electrons. The highest BCUT2D eigenvalue weighted by Crippen LogP contribution is 2.47. The molecule has 0 bridgehead atoms. The van der Waals surface area contributed by atoms with Gasteiger partial charge in [0.2, 0.25) is 5.90 Å². The molecule has 40 heavy (non-hydrogen) atoms. The Labute approximate surface area is 241 Å². The largest absolute Gasteiger partial charge is 0.475 e. The molecule has 1 aliphatic heterocycles. The fraction of sp³-hybridized carbons (Fsp3) is 0.306. The van der Waals surface area contributed by atoms with Crippen LogP contribution in [0.5, 0.6) is 0 Å². The van der Waals surface area contributed by atoms with Gasteiger partial charge in [0.1, 0.15) is 12.6 Å². The molecule has 0 saturated carbocycles. The Morgan fingerprint density at radius 2 is 1.12 bits per heavy atom. The maximum atomic E-state index is 7.45. The van der Waals surface area contributed by atoms with E-state index in [1.165, 1.54) is 21.7 Å². The van der Waals surface area contributed by atoms with Gasteiger partial charge in [0.15, 0.2) is 0 Å². The van der Waals surface area contributed by atoms with Gasteiger partial charge in [-0.15, -0.1) is 0 Å². The number of benzene rings is 4. The fourth-order valence-corrected chi connectivity index (χ4v) is 7.70. The van der Waals surface area contributed by atoms with E-state index in [9.17, 15) is 0 Å². The first-order valence-corrected chi connectivity index (χ1v) is 15.7. The summed E-state index contributed by atoms with van der Waals surface area (Å²) in [5, 5.41) is 2.44. The lowest BCUT2D eigenvalue weighted by Crippen LogP contribution is -2.47. The molecule has 1 heterocycles. The Hall–Kier alpha value is -3.26. The molecule has 0 amide bonds. The van der Waals surface area contributed by atoms with Crippen molar-refractivity contribution in [1.29, 1.82) is 0 Å². The minimum absolute atomic E-state index is 0.0847. The van der Waals surface area contributed by atoms with Gasteiger partial charge in [-0.05, 0) is 47.9 Å². The lowest BCUT2D eigenvalue weighted by Gasteiger charge is -2.42. The van der Waals surface area contributed by atoms with E-state index < -0.39 is 13.7 Å². The van der Waals surface area contributed by atoms with E-state index in [0.29, 0.717) is 24.3 Å². The van der Waals surface area contributed by atoms with Crippen molar-refractivity contribution in [2.75, 3.05) is 6.61 Å². The highest BCUT2D eigenvalue weighted by molar-refractivity contribution is 7.68. The Bertz CT molecular complexity index is 1320. The molecule has 1 unspecified atom stereocenters. The highest BCUT2D eigenvalue weighted by Gasteiger charge is 2.46. The summed E-state index contributed by atoms with van der Waals surface area (Å²) in [6.07, 6.45) is 1.84. The fourth-order valence-electron chi connectivity index (χ4n) is 5.67. The SMILES string of the molecule is CC(C)CC(CC(C)C)(OP(c1ccccc1)c1ccccc1)C1COC(c2ccc(-c3ccccc3)cc2)=N1. The smallest absolute Gasteiger partial charge is 0.216 e. The zero-order valence-corrected chi connectivity index (χ0v) is 24.9. The third kappa shape index (κ3) is 6.72. The second kappa shape index (κ2) is 12.9. The highest BCUT2D eigenvalue weighted by atomic mass is 31.1. The van der Waals surface area contributed by atoms with E-state index in [1.54, 1.807) is 0 Å². The molecule has 0 aromatic heterocycles. The van der Waals surface area contributed by atoms with Crippen LogP contribution in [0.4, 0.5) is 0 Å². The van der Waals surface area contributed by atoms with Crippen molar-refractivity contribution in [3.05, 3.63) is 121 Å². The van der Waals surface area contributed by atoms with Gasteiger partial charge in [-0.1, -0.05) is 131 Å². The lowest BCUT2D eigenvalue weighted by atomic mass is 9.80. The van der Waals surface area contributed by atoms with Gasteiger partial charge in [-0.3, -0.25) is 0 Å². The maximum Gasteiger partial charge on any atom is 0.216 e. The van der Waals surface area contributed by atoms with E-state index in [2.05, 4.69) is 137 Å². The van der Waals surface area contributed by atoms with Crippen molar-refractivity contribution in [3.8, 4) is 11.1 Å². The summed E-state index contributed by atoms with van der Waals surface area (Å²) < 4.78 is 13.8. The molecule has 0 saturated heterocycles. The van der Waals surface area contributed by atoms with Crippen LogP contribution in [0.25, 0.3) is 11.1 Å². The van der Waals surface area contributed by atoms with Crippen molar-refractivity contribution in [2.24, 2.45) is 16.8 Å². The molecule has 4 aromatic rings. The molecule has 1 aliphatic rings. The van der Waals surface area contributed by atoms with Gasteiger partial charge in [-0.2, -0.15) is 0 Å². The zero-order chi connectivity index (χ0) is 28.0. The average molecular weight is 550 g/mol. The molecule has 4 heteroatoms. The summed E-state index contributed by atoms with van der Waals surface area (Å²) in [6.45, 7) is 9.67. The number of nitrogens with zero attached hydrogens (tertiary/aromatic N) is 1. The predicted molar refractivity (Wildman–Crippen MR) is 170 cm³/mol. The van der Waals surface area contributed by atoms with Crippen LogP contribution in [0.2, 0.25) is 0 Å². The van der Waals surface area contributed by atoms with Crippen LogP contribution in [-0.4, -0.2) is 24.1 Å². The number of hydrogen-bond donors (Lipinski definition) is 0. The summed E-state index contributed by atoms with van der Waals surface area (Å²) in [4.78, 5) is 5.26. The molecule has 0 N–H and O–H groups in total. The summed E-state index contributed by atoms with van der Waals surface area (Å²) >= 11 is 0. The molecule has 3 nitrogen and oxygen atoms in total. The molecule has 5 rings (SSSR count). The molecule has 0 spiro atoms. The minimum Gasteiger partial charge on any atom is -0.475 e. The summed E-state index contributed by atoms with van der Waals surface area (Å²) in [7, 11) is -1.04. The Kier molecular flexibility index (Phi) is 9.15. The second-order valence-corrected chi connectivity index (χ2v) is 13.3. The quantitative estimate of drug-likeness (QED) is 0.176. The van der Waals surface area contributed by atoms with Crippen molar-refractivity contribution in [3.63, 3.8) is 0 Å². The molecular formula is C36H40NO2P. The molecule has 4 aromatic carbocycles. The molecular weight excluding hydrogens is 509 g/mol. The first-order chi connectivity index (χ1) is 19.4. The van der Waals surface area contributed by atoms with Gasteiger partial charge in [0, 0.05) is 16.2 Å². The summed E-state index contributed by atoms with van der Waals surface area (Å²) in [5.74, 6) is 1.62. The first kappa shape index (κ1) is 28.3. The Morgan fingerprint density at radius 1 is 0.675 bits per heavy atom. The number of aliphatic imine (C=N–C) groups is 1. The predicted octanol–water partition coefficient (Wildman–Crippen LogP) is 8.39. The van der Waals surface area contributed by atoms with Crippen molar-refractivity contribution >= 4 is 24.7 Å². The van der Waals surface area contributed by atoms with Crippen LogP contribution in [-0.2, 0) is 9.26 Å². The van der Waals surface area contributed by atoms with Gasteiger partial charge >= 0.3 is 0 Å². The normalized spacial score (nSPS) is 15.5. The zero-order valence-electron chi connectivity index (χ0n) is 24.0. The average Bonchev–Trinajstić information content (AvgIpc) is 3.48. The van der Waals surface area contributed by atoms with Crippen LogP contribution >= 0.6 is 8.15 Å². The van der Waals surface area contributed by atoms with Gasteiger partial charge < -0.3 is 9.26 Å². The first-order valence-electron chi connectivity index (χ1n) is 14.4. The molecule has 206 valence electrons. The monoisotopic (exact) mass is 549 g/mol. The van der Waals surface area contributed by atoms with Gasteiger partial charge in [0.25, 0.3) is 0 Å². The van der Waals surface area contributed by atoms with Crippen LogP contribution in [0.1, 0.15) is 46.1 Å². The summed E-state index contributed by atoms with van der Waals surface area (Å²) in [6, 6.07) is 40.3. The van der Waals surface area contributed by atoms with E-state index >= 15 is 0 Å². The van der Waals surface area contributed by atoms with E-state index in [4.69, 9.17) is 14.3 Å². The Morgan fingerprint density at radius 3 is 1.62 bits per heavy atom. The third-order valence-corrected chi connectivity index (χ3v) is 9.34. The molecule has 1 atom stereocenters. The van der Waals surface area contributed by atoms with E-state index in [0.717, 1.165) is 18.4 Å². The van der Waals surface area contributed by atoms with Crippen LogP contribution in [0, 0.1) is 11.8 Å². The third-order valence-electron chi connectivity index (χ3n) is 7.26. The van der Waals surface area contributed by atoms with E-state index in [1.807, 2.05) is 6.07 Å². The number of rotatable bonds is 11. The van der Waals surface area contributed by atoms with Gasteiger partial charge in [-0.25, -0.2) is 4.99 Å². The number of hydrogen-bond acceptors (Lipinski definition) is 3. The minimum atomic E-state index is -1.04. The molecule has 0 fully saturated rings. The van der Waals surface area contributed by atoms with Crippen molar-refractivity contribution < 1.29 is 9.26 Å². The Balaban J connectivity index is 1.51. The maximum absolute atomic E-state index is 7.45. The van der Waals surface area contributed by atoms with Gasteiger partial charge in [0.05, 0.1) is 13.7 Å². The number of ether oxygens (including phenoxy) is 1. The molecule has 0 aliphatic carbocycles. The van der Waals surface area contributed by atoms with Crippen LogP contribution in [0.3, 0.4) is 0 Å². The standard InChI is InChI=1S/C36H40NO2P/c1-27(2)24-36(25-28(3)4,39-40(32-16-10-6-11-17-32)33-18-12-7-13-19-33)34-26-38-35(37-34)31-22-20-30(21-23-31)29-14-8-5-9-15-29/h5-23,27-28,34H,24-26H2,1-4H3. The summed E-state index contributed by atoms with van der Waals surface area (Å²) in [5.41, 5.74) is 2.95.